The lowest BCUT2D eigenvalue weighted by Gasteiger charge is -2.01. The number of nitrogens with two attached hydrogens (primary N) is 1. The second-order valence-corrected chi connectivity index (χ2v) is 5.18. The minimum atomic E-state index is -3.87. The van der Waals surface area contributed by atoms with E-state index < -0.39 is 16.1 Å². The minimum Gasteiger partial charge on any atom is -0.375 e. The summed E-state index contributed by atoms with van der Waals surface area (Å²) < 4.78 is 25.7. The zero-order valence-corrected chi connectivity index (χ0v) is 10.1. The molecule has 16 heavy (non-hydrogen) atoms. The first-order valence-corrected chi connectivity index (χ1v) is 6.65. The van der Waals surface area contributed by atoms with Crippen molar-refractivity contribution in [3.63, 3.8) is 0 Å². The topological polar surface area (TPSA) is 112 Å². The molecule has 1 aromatic heterocycles. The maximum Gasteiger partial charge on any atom is 0.374 e. The highest BCUT2D eigenvalue weighted by Crippen LogP contribution is 2.12. The first-order chi connectivity index (χ1) is 7.33. The summed E-state index contributed by atoms with van der Waals surface area (Å²) in [7, 11) is -2.54. The van der Waals surface area contributed by atoms with Gasteiger partial charge in [-0.05, 0) is 0 Å². The third-order valence-electron chi connectivity index (χ3n) is 1.41. The van der Waals surface area contributed by atoms with Crippen molar-refractivity contribution in [3.8, 4) is 0 Å². The van der Waals surface area contributed by atoms with Crippen molar-refractivity contribution in [2.75, 3.05) is 19.0 Å². The van der Waals surface area contributed by atoms with Gasteiger partial charge >= 0.3 is 16.1 Å². The summed E-state index contributed by atoms with van der Waals surface area (Å²) in [5.74, 6) is -1.07. The summed E-state index contributed by atoms with van der Waals surface area (Å²) in [4.78, 5) is 18.8. The Hall–Kier alpha value is -1.48. The Balaban J connectivity index is 2.97. The average Bonchev–Trinajstić information content (AvgIpc) is 2.49. The Labute approximate surface area is 96.1 Å². The van der Waals surface area contributed by atoms with Crippen molar-refractivity contribution in [3.05, 3.63) is 11.1 Å². The van der Waals surface area contributed by atoms with Gasteiger partial charge in [0.15, 0.2) is 10.8 Å². The number of carbonyl (C=O) groups excluding carboxylic acids is 1. The Bertz CT molecular complexity index is 532. The average molecular weight is 263 g/mol. The van der Waals surface area contributed by atoms with E-state index in [1.165, 1.54) is 12.4 Å². The number of nitrogen functional groups attached to an aromatic ring is 1. The van der Waals surface area contributed by atoms with Crippen LogP contribution in [0.3, 0.4) is 0 Å². The molecule has 88 valence electrons. The highest BCUT2D eigenvalue weighted by molar-refractivity contribution is 7.86. The van der Waals surface area contributed by atoms with Gasteiger partial charge in [-0.1, -0.05) is 0 Å². The third-order valence-corrected chi connectivity index (χ3v) is 2.54. The molecule has 0 aromatic carbocycles. The van der Waals surface area contributed by atoms with Gasteiger partial charge in [0, 0.05) is 12.4 Å². The van der Waals surface area contributed by atoms with Gasteiger partial charge < -0.3 is 9.92 Å². The van der Waals surface area contributed by atoms with Crippen LogP contribution in [0.2, 0.25) is 0 Å². The van der Waals surface area contributed by atoms with Crippen LogP contribution in [0.1, 0.15) is 5.69 Å². The number of rotatable bonds is 3. The SMILES string of the molecule is CN=C(C(=O)OS(C)(=O)=O)c1csc(N)n1. The van der Waals surface area contributed by atoms with Crippen LogP contribution >= 0.6 is 11.3 Å². The standard InChI is InChI=1S/C7H9N3O4S2/c1-9-5(4-3-15-7(8)10-4)6(11)14-16(2,12)13/h3H,1-2H3,(H2,8,10). The molecule has 7 nitrogen and oxygen atoms in total. The van der Waals surface area contributed by atoms with E-state index in [9.17, 15) is 13.2 Å². The van der Waals surface area contributed by atoms with Crippen molar-refractivity contribution in [1.29, 1.82) is 0 Å². The van der Waals surface area contributed by atoms with Crippen molar-refractivity contribution in [2.45, 2.75) is 0 Å². The lowest BCUT2D eigenvalue weighted by atomic mass is 10.3. The van der Waals surface area contributed by atoms with Crippen LogP contribution < -0.4 is 5.73 Å². The maximum atomic E-state index is 11.4. The highest BCUT2D eigenvalue weighted by atomic mass is 32.2. The second-order valence-electron chi connectivity index (χ2n) is 2.72. The number of nitrogens with zero attached hydrogens (tertiary/aromatic N) is 2. The summed E-state index contributed by atoms with van der Waals surface area (Å²) >= 11 is 1.11. The second kappa shape index (κ2) is 4.58. The van der Waals surface area contributed by atoms with E-state index in [-0.39, 0.29) is 16.5 Å². The molecule has 1 aromatic rings. The first kappa shape index (κ1) is 12.6. The normalized spacial score (nSPS) is 12.5. The largest absolute Gasteiger partial charge is 0.375 e. The van der Waals surface area contributed by atoms with E-state index in [4.69, 9.17) is 5.73 Å². The van der Waals surface area contributed by atoms with E-state index in [1.807, 2.05) is 0 Å². The zero-order chi connectivity index (χ0) is 12.3. The van der Waals surface area contributed by atoms with Gasteiger partial charge in [0.2, 0.25) is 0 Å². The molecule has 0 aliphatic rings. The van der Waals surface area contributed by atoms with Crippen molar-refractivity contribution < 1.29 is 17.4 Å². The molecule has 0 aliphatic carbocycles. The summed E-state index contributed by atoms with van der Waals surface area (Å²) in [5.41, 5.74) is 5.39. The molecule has 0 radical (unpaired) electrons. The number of aliphatic imine (C=N–C) groups is 1. The number of hydrogen-bond donors (Lipinski definition) is 1. The lowest BCUT2D eigenvalue weighted by molar-refractivity contribution is -0.126. The fourth-order valence-electron chi connectivity index (χ4n) is 0.884. The number of thiazole rings is 1. The molecule has 9 heteroatoms. The predicted octanol–water partition coefficient (Wildman–Crippen LogP) is -0.353. The fraction of sp³-hybridized carbons (Fsp3) is 0.286. The summed E-state index contributed by atoms with van der Waals surface area (Å²) in [6.45, 7) is 0. The monoisotopic (exact) mass is 263 g/mol. The Morgan fingerprint density at radius 2 is 2.25 bits per heavy atom. The maximum absolute atomic E-state index is 11.4. The van der Waals surface area contributed by atoms with E-state index in [1.54, 1.807) is 0 Å². The Kier molecular flexibility index (Phi) is 3.60. The molecule has 0 saturated carbocycles. The van der Waals surface area contributed by atoms with Crippen LogP contribution in [0, 0.1) is 0 Å². The Morgan fingerprint density at radius 1 is 1.62 bits per heavy atom. The minimum absolute atomic E-state index is 0.182. The number of carbonyl (C=O) groups is 1. The molecule has 0 bridgehead atoms. The van der Waals surface area contributed by atoms with Crippen LogP contribution in [-0.4, -0.2) is 38.4 Å². The molecule has 0 saturated heterocycles. The molecule has 0 aliphatic heterocycles. The molecule has 0 unspecified atom stereocenters. The van der Waals surface area contributed by atoms with Gasteiger partial charge in [-0.2, -0.15) is 8.42 Å². The van der Waals surface area contributed by atoms with Crippen molar-refractivity contribution in [2.24, 2.45) is 4.99 Å². The highest BCUT2D eigenvalue weighted by Gasteiger charge is 2.21. The molecule has 0 fully saturated rings. The van der Waals surface area contributed by atoms with Gasteiger partial charge in [-0.25, -0.2) is 9.78 Å². The number of aromatic nitrogens is 1. The van der Waals surface area contributed by atoms with Gasteiger partial charge in [0.1, 0.15) is 5.69 Å². The van der Waals surface area contributed by atoms with Crippen molar-refractivity contribution >= 4 is 38.3 Å². The van der Waals surface area contributed by atoms with Crippen LogP contribution in [0.4, 0.5) is 5.13 Å². The van der Waals surface area contributed by atoms with Crippen LogP contribution in [0.25, 0.3) is 0 Å². The van der Waals surface area contributed by atoms with Gasteiger partial charge in [0.05, 0.1) is 6.26 Å². The third kappa shape index (κ3) is 3.28. The molecule has 1 rings (SSSR count). The first-order valence-electron chi connectivity index (χ1n) is 3.95. The number of hydrogen-bond acceptors (Lipinski definition) is 8. The van der Waals surface area contributed by atoms with E-state index in [0.717, 1.165) is 17.6 Å². The predicted molar refractivity (Wildman–Crippen MR) is 59.9 cm³/mol. The Morgan fingerprint density at radius 3 is 2.62 bits per heavy atom. The van der Waals surface area contributed by atoms with Crippen LogP contribution in [0.15, 0.2) is 10.4 Å². The summed E-state index contributed by atoms with van der Waals surface area (Å²) in [6.07, 6.45) is 0.771. The fourth-order valence-corrected chi connectivity index (χ4v) is 1.79. The molecule has 0 atom stereocenters. The van der Waals surface area contributed by atoms with Gasteiger partial charge in [0.25, 0.3) is 0 Å². The molecule has 0 spiro atoms. The van der Waals surface area contributed by atoms with Crippen molar-refractivity contribution in [1.82, 2.24) is 4.98 Å². The van der Waals surface area contributed by atoms with Gasteiger partial charge in [-0.3, -0.25) is 4.99 Å². The summed E-state index contributed by atoms with van der Waals surface area (Å²) in [5, 5.41) is 1.74. The zero-order valence-electron chi connectivity index (χ0n) is 8.50. The molecule has 1 heterocycles. The van der Waals surface area contributed by atoms with E-state index in [2.05, 4.69) is 14.2 Å². The molecule has 0 amide bonds. The van der Waals surface area contributed by atoms with E-state index >= 15 is 0 Å². The summed E-state index contributed by atoms with van der Waals surface area (Å²) in [6, 6.07) is 0. The lowest BCUT2D eigenvalue weighted by Crippen LogP contribution is -2.22. The van der Waals surface area contributed by atoms with E-state index in [0.29, 0.717) is 0 Å². The van der Waals surface area contributed by atoms with Crippen LogP contribution in [0.5, 0.6) is 0 Å². The molecule has 2 N–H and O–H groups in total. The quantitative estimate of drug-likeness (QED) is 0.589. The van der Waals surface area contributed by atoms with Gasteiger partial charge in [-0.15, -0.1) is 11.3 Å². The smallest absolute Gasteiger partial charge is 0.374 e. The molecular weight excluding hydrogens is 254 g/mol. The number of anilines is 1. The molecular formula is C7H9N3O4S2. The van der Waals surface area contributed by atoms with Crippen LogP contribution in [-0.2, 0) is 19.1 Å².